The number of carbonyl (C=O) groups is 1. The van der Waals surface area contributed by atoms with Gasteiger partial charge in [0.1, 0.15) is 0 Å². The highest BCUT2D eigenvalue weighted by Gasteiger charge is 2.06. The van der Waals surface area contributed by atoms with Crippen LogP contribution < -0.4 is 5.32 Å². The summed E-state index contributed by atoms with van der Waals surface area (Å²) < 4.78 is 1.68. The summed E-state index contributed by atoms with van der Waals surface area (Å²) >= 11 is 0. The molecule has 0 aliphatic rings. The van der Waals surface area contributed by atoms with Crippen LogP contribution in [0.2, 0.25) is 0 Å². The van der Waals surface area contributed by atoms with Crippen LogP contribution in [0.3, 0.4) is 0 Å². The molecule has 2 N–H and O–H groups in total. The van der Waals surface area contributed by atoms with Gasteiger partial charge in [0.15, 0.2) is 5.65 Å². The van der Waals surface area contributed by atoms with Gasteiger partial charge in [0.05, 0.1) is 29.8 Å². The molecule has 3 aromatic rings. The van der Waals surface area contributed by atoms with Crippen molar-refractivity contribution in [1.82, 2.24) is 14.6 Å². The van der Waals surface area contributed by atoms with Crippen LogP contribution in [0.4, 0.5) is 5.69 Å². The molecule has 0 spiro atoms. The Morgan fingerprint density at radius 3 is 3.05 bits per heavy atom. The summed E-state index contributed by atoms with van der Waals surface area (Å²) in [5, 5.41) is 16.4. The molecule has 2 aromatic heterocycles. The van der Waals surface area contributed by atoms with Gasteiger partial charge in [-0.2, -0.15) is 5.10 Å². The fourth-order valence-corrected chi connectivity index (χ4v) is 2.09. The van der Waals surface area contributed by atoms with E-state index in [4.69, 9.17) is 5.11 Å². The third-order valence-corrected chi connectivity index (χ3v) is 3.33. The van der Waals surface area contributed by atoms with E-state index in [-0.39, 0.29) is 5.56 Å². The second-order valence-electron chi connectivity index (χ2n) is 4.78. The minimum atomic E-state index is -0.920. The van der Waals surface area contributed by atoms with Gasteiger partial charge in [-0.25, -0.2) is 14.3 Å². The van der Waals surface area contributed by atoms with Crippen LogP contribution in [0.15, 0.2) is 42.9 Å². The zero-order valence-electron chi connectivity index (χ0n) is 11.4. The number of anilines is 1. The highest BCUT2D eigenvalue weighted by molar-refractivity contribution is 5.87. The number of benzene rings is 1. The van der Waals surface area contributed by atoms with Gasteiger partial charge < -0.3 is 10.4 Å². The van der Waals surface area contributed by atoms with Crippen LogP contribution in [0.25, 0.3) is 5.65 Å². The van der Waals surface area contributed by atoms with Crippen molar-refractivity contribution in [3.05, 3.63) is 59.5 Å². The van der Waals surface area contributed by atoms with Crippen molar-refractivity contribution in [1.29, 1.82) is 0 Å². The van der Waals surface area contributed by atoms with Crippen molar-refractivity contribution in [3.8, 4) is 0 Å². The first-order chi connectivity index (χ1) is 10.1. The van der Waals surface area contributed by atoms with Gasteiger partial charge in [-0.3, -0.25) is 0 Å². The molecular weight excluding hydrogens is 268 g/mol. The van der Waals surface area contributed by atoms with E-state index in [0.717, 1.165) is 22.5 Å². The molecule has 3 rings (SSSR count). The SMILES string of the molecule is Cc1ccc(C(=O)O)cc1CNc1cnc2ccnn2c1. The van der Waals surface area contributed by atoms with E-state index in [0.29, 0.717) is 6.54 Å². The number of carboxylic acid groups (broad SMARTS) is 1. The van der Waals surface area contributed by atoms with Crippen LogP contribution >= 0.6 is 0 Å². The number of carboxylic acids is 1. The van der Waals surface area contributed by atoms with E-state index in [1.54, 1.807) is 29.0 Å². The number of hydrogen-bond acceptors (Lipinski definition) is 4. The van der Waals surface area contributed by atoms with Gasteiger partial charge in [0, 0.05) is 12.6 Å². The zero-order valence-corrected chi connectivity index (χ0v) is 11.4. The van der Waals surface area contributed by atoms with E-state index in [9.17, 15) is 4.79 Å². The van der Waals surface area contributed by atoms with Gasteiger partial charge in [0.25, 0.3) is 0 Å². The molecule has 0 saturated heterocycles. The number of nitrogens with one attached hydrogen (secondary N) is 1. The third kappa shape index (κ3) is 2.69. The van der Waals surface area contributed by atoms with Crippen molar-refractivity contribution in [2.45, 2.75) is 13.5 Å². The number of fused-ring (bicyclic) bond motifs is 1. The summed E-state index contributed by atoms with van der Waals surface area (Å²) in [6.45, 7) is 2.49. The van der Waals surface area contributed by atoms with Crippen LogP contribution in [0.1, 0.15) is 21.5 Å². The summed E-state index contributed by atoms with van der Waals surface area (Å²) in [6.07, 6.45) is 5.26. The molecule has 0 aliphatic carbocycles. The molecule has 0 bridgehead atoms. The number of hydrogen-bond donors (Lipinski definition) is 2. The highest BCUT2D eigenvalue weighted by atomic mass is 16.4. The minimum absolute atomic E-state index is 0.290. The molecule has 0 saturated carbocycles. The number of nitrogens with zero attached hydrogens (tertiary/aromatic N) is 3. The first-order valence-corrected chi connectivity index (χ1v) is 6.49. The standard InChI is InChI=1S/C15H14N4O2/c1-10-2-3-11(15(20)21)6-12(10)7-16-13-8-17-14-4-5-18-19(14)9-13/h2-6,8-9,16H,7H2,1H3,(H,20,21). The fourth-order valence-electron chi connectivity index (χ4n) is 2.09. The normalized spacial score (nSPS) is 10.7. The minimum Gasteiger partial charge on any atom is -0.478 e. The molecule has 6 nitrogen and oxygen atoms in total. The summed E-state index contributed by atoms with van der Waals surface area (Å²) in [6, 6.07) is 6.93. The Morgan fingerprint density at radius 1 is 1.38 bits per heavy atom. The maximum Gasteiger partial charge on any atom is 0.335 e. The zero-order chi connectivity index (χ0) is 14.8. The van der Waals surface area contributed by atoms with E-state index in [1.807, 2.05) is 25.3 Å². The molecule has 106 valence electrons. The smallest absolute Gasteiger partial charge is 0.335 e. The first-order valence-electron chi connectivity index (χ1n) is 6.49. The molecular formula is C15H14N4O2. The van der Waals surface area contributed by atoms with Gasteiger partial charge in [-0.05, 0) is 30.2 Å². The quantitative estimate of drug-likeness (QED) is 0.768. The van der Waals surface area contributed by atoms with E-state index < -0.39 is 5.97 Å². The van der Waals surface area contributed by atoms with Crippen molar-refractivity contribution >= 4 is 17.3 Å². The average molecular weight is 282 g/mol. The Hall–Kier alpha value is -2.89. The molecule has 2 heterocycles. The largest absolute Gasteiger partial charge is 0.478 e. The Kier molecular flexibility index (Phi) is 3.27. The first kappa shape index (κ1) is 13.1. The predicted molar refractivity (Wildman–Crippen MR) is 78.5 cm³/mol. The van der Waals surface area contributed by atoms with Crippen molar-refractivity contribution in [2.75, 3.05) is 5.32 Å². The summed E-state index contributed by atoms with van der Waals surface area (Å²) in [7, 11) is 0. The molecule has 0 fully saturated rings. The number of aryl methyl sites for hydroxylation is 1. The summed E-state index contributed by atoms with van der Waals surface area (Å²) in [4.78, 5) is 15.3. The third-order valence-electron chi connectivity index (χ3n) is 3.33. The summed E-state index contributed by atoms with van der Waals surface area (Å²) in [5.41, 5.74) is 3.88. The van der Waals surface area contributed by atoms with Gasteiger partial charge in [-0.15, -0.1) is 0 Å². The lowest BCUT2D eigenvalue weighted by atomic mass is 10.0. The molecule has 1 aromatic carbocycles. The van der Waals surface area contributed by atoms with Crippen LogP contribution in [-0.4, -0.2) is 25.7 Å². The van der Waals surface area contributed by atoms with Crippen molar-refractivity contribution in [2.24, 2.45) is 0 Å². The maximum atomic E-state index is 11.0. The number of rotatable bonds is 4. The topological polar surface area (TPSA) is 79.5 Å². The van der Waals surface area contributed by atoms with Crippen molar-refractivity contribution in [3.63, 3.8) is 0 Å². The van der Waals surface area contributed by atoms with Gasteiger partial charge >= 0.3 is 5.97 Å². The second kappa shape index (κ2) is 5.24. The lowest BCUT2D eigenvalue weighted by molar-refractivity contribution is 0.0697. The molecule has 0 atom stereocenters. The Morgan fingerprint density at radius 2 is 2.24 bits per heavy atom. The highest BCUT2D eigenvalue weighted by Crippen LogP contribution is 2.14. The van der Waals surface area contributed by atoms with Gasteiger partial charge in [-0.1, -0.05) is 6.07 Å². The Bertz CT molecular complexity index is 810. The second-order valence-corrected chi connectivity index (χ2v) is 4.78. The predicted octanol–water partition coefficient (Wildman–Crippen LogP) is 2.35. The summed E-state index contributed by atoms with van der Waals surface area (Å²) in [5.74, 6) is -0.920. The van der Waals surface area contributed by atoms with E-state index >= 15 is 0 Å². The van der Waals surface area contributed by atoms with E-state index in [2.05, 4.69) is 15.4 Å². The number of aromatic nitrogens is 3. The molecule has 0 aliphatic heterocycles. The lowest BCUT2D eigenvalue weighted by Gasteiger charge is -2.10. The molecule has 0 amide bonds. The maximum absolute atomic E-state index is 11.0. The number of aromatic carboxylic acids is 1. The molecule has 0 radical (unpaired) electrons. The monoisotopic (exact) mass is 282 g/mol. The van der Waals surface area contributed by atoms with Crippen LogP contribution in [0, 0.1) is 6.92 Å². The van der Waals surface area contributed by atoms with Gasteiger partial charge in [0.2, 0.25) is 0 Å². The molecule has 0 unspecified atom stereocenters. The Balaban J connectivity index is 1.80. The lowest BCUT2D eigenvalue weighted by Crippen LogP contribution is -2.05. The molecule has 6 heteroatoms. The average Bonchev–Trinajstić information content (AvgIpc) is 2.93. The molecule has 21 heavy (non-hydrogen) atoms. The van der Waals surface area contributed by atoms with Crippen LogP contribution in [-0.2, 0) is 6.54 Å². The Labute approximate surface area is 121 Å². The van der Waals surface area contributed by atoms with Crippen molar-refractivity contribution < 1.29 is 9.90 Å². The van der Waals surface area contributed by atoms with E-state index in [1.165, 1.54) is 0 Å². The fraction of sp³-hybridized carbons (Fsp3) is 0.133. The van der Waals surface area contributed by atoms with Crippen LogP contribution in [0.5, 0.6) is 0 Å².